The van der Waals surface area contributed by atoms with Crippen molar-refractivity contribution < 1.29 is 4.79 Å². The van der Waals surface area contributed by atoms with Crippen LogP contribution in [0, 0.1) is 0 Å². The fourth-order valence-electron chi connectivity index (χ4n) is 1.60. The van der Waals surface area contributed by atoms with Crippen molar-refractivity contribution >= 4 is 21.8 Å². The molecule has 0 fully saturated rings. The molecule has 1 aromatic carbocycles. The molecular formula is C14H21BrN2O. The molecule has 0 aromatic heterocycles. The highest BCUT2D eigenvalue weighted by Crippen LogP contribution is 2.20. The van der Waals surface area contributed by atoms with Crippen LogP contribution in [-0.2, 0) is 4.79 Å². The van der Waals surface area contributed by atoms with E-state index in [0.29, 0.717) is 6.42 Å². The fourth-order valence-corrected chi connectivity index (χ4v) is 1.86. The highest BCUT2D eigenvalue weighted by Gasteiger charge is 2.27. The van der Waals surface area contributed by atoms with Gasteiger partial charge in [-0.05, 0) is 37.5 Å². The molecule has 0 bridgehead atoms. The quantitative estimate of drug-likeness (QED) is 0.877. The summed E-state index contributed by atoms with van der Waals surface area (Å²) in [6.45, 7) is 5.73. The first kappa shape index (κ1) is 15.2. The van der Waals surface area contributed by atoms with Gasteiger partial charge in [0.1, 0.15) is 0 Å². The number of rotatable bonds is 5. The zero-order valence-corrected chi connectivity index (χ0v) is 12.8. The summed E-state index contributed by atoms with van der Waals surface area (Å²) in [5, 5.41) is 3.01. The Kier molecular flexibility index (Phi) is 5.35. The standard InChI is InChI=1S/C14H21BrN2O/c1-4-12(10-6-8-11(15)9-7-10)17-13(18)14(3,16)5-2/h6-9,12H,4-5,16H2,1-3H3,(H,17,18). The molecule has 1 rings (SSSR count). The Bertz CT molecular complexity index is 401. The van der Waals surface area contributed by atoms with E-state index >= 15 is 0 Å². The van der Waals surface area contributed by atoms with Gasteiger partial charge < -0.3 is 11.1 Å². The minimum Gasteiger partial charge on any atom is -0.348 e. The molecule has 0 radical (unpaired) electrons. The summed E-state index contributed by atoms with van der Waals surface area (Å²) >= 11 is 3.40. The third-order valence-corrected chi connectivity index (χ3v) is 3.77. The van der Waals surface area contributed by atoms with E-state index in [2.05, 4.69) is 21.2 Å². The molecule has 2 unspecified atom stereocenters. The molecule has 0 aliphatic heterocycles. The van der Waals surface area contributed by atoms with Gasteiger partial charge in [0, 0.05) is 4.47 Å². The van der Waals surface area contributed by atoms with Gasteiger partial charge in [-0.15, -0.1) is 0 Å². The van der Waals surface area contributed by atoms with Crippen molar-refractivity contribution in [2.75, 3.05) is 0 Å². The molecule has 0 aliphatic rings. The van der Waals surface area contributed by atoms with E-state index in [1.807, 2.05) is 38.1 Å². The molecule has 1 amide bonds. The maximum Gasteiger partial charge on any atom is 0.240 e. The summed E-state index contributed by atoms with van der Waals surface area (Å²) in [5.41, 5.74) is 6.24. The molecule has 3 N–H and O–H groups in total. The van der Waals surface area contributed by atoms with Crippen LogP contribution in [0.15, 0.2) is 28.7 Å². The molecule has 4 heteroatoms. The topological polar surface area (TPSA) is 55.1 Å². The van der Waals surface area contributed by atoms with E-state index in [0.717, 1.165) is 16.5 Å². The van der Waals surface area contributed by atoms with Crippen molar-refractivity contribution in [3.8, 4) is 0 Å². The van der Waals surface area contributed by atoms with Gasteiger partial charge in [0.15, 0.2) is 0 Å². The Hall–Kier alpha value is -0.870. The average molecular weight is 313 g/mol. The van der Waals surface area contributed by atoms with Gasteiger partial charge in [-0.3, -0.25) is 4.79 Å². The third-order valence-electron chi connectivity index (χ3n) is 3.24. The van der Waals surface area contributed by atoms with E-state index in [1.165, 1.54) is 0 Å². The minimum absolute atomic E-state index is 0.0139. The number of nitrogens with two attached hydrogens (primary N) is 1. The van der Waals surface area contributed by atoms with Crippen molar-refractivity contribution in [3.63, 3.8) is 0 Å². The Balaban J connectivity index is 2.80. The number of carbonyl (C=O) groups excluding carboxylic acids is 1. The lowest BCUT2D eigenvalue weighted by molar-refractivity contribution is -0.126. The SMILES string of the molecule is CCC(NC(=O)C(C)(N)CC)c1ccc(Br)cc1. The largest absolute Gasteiger partial charge is 0.348 e. The second-order valence-electron chi connectivity index (χ2n) is 4.76. The molecule has 3 nitrogen and oxygen atoms in total. The second kappa shape index (κ2) is 6.34. The van der Waals surface area contributed by atoms with Crippen LogP contribution >= 0.6 is 15.9 Å². The van der Waals surface area contributed by atoms with E-state index < -0.39 is 5.54 Å². The van der Waals surface area contributed by atoms with Crippen LogP contribution in [-0.4, -0.2) is 11.4 Å². The van der Waals surface area contributed by atoms with Crippen molar-refractivity contribution in [2.24, 2.45) is 5.73 Å². The normalized spacial score (nSPS) is 15.8. The lowest BCUT2D eigenvalue weighted by Crippen LogP contribution is -2.51. The molecule has 0 heterocycles. The zero-order valence-electron chi connectivity index (χ0n) is 11.2. The number of hydrogen-bond acceptors (Lipinski definition) is 2. The predicted octanol–water partition coefficient (Wildman–Crippen LogP) is 3.14. The predicted molar refractivity (Wildman–Crippen MR) is 78.2 cm³/mol. The number of carbonyl (C=O) groups is 1. The van der Waals surface area contributed by atoms with Gasteiger partial charge in [0.2, 0.25) is 5.91 Å². The molecule has 2 atom stereocenters. The highest BCUT2D eigenvalue weighted by molar-refractivity contribution is 9.10. The van der Waals surface area contributed by atoms with Crippen molar-refractivity contribution in [1.29, 1.82) is 0 Å². The number of halogens is 1. The monoisotopic (exact) mass is 312 g/mol. The lowest BCUT2D eigenvalue weighted by Gasteiger charge is -2.26. The molecular weight excluding hydrogens is 292 g/mol. The zero-order chi connectivity index (χ0) is 13.8. The van der Waals surface area contributed by atoms with E-state index in [4.69, 9.17) is 5.73 Å². The highest BCUT2D eigenvalue weighted by atomic mass is 79.9. The summed E-state index contributed by atoms with van der Waals surface area (Å²) in [5.74, 6) is -0.0974. The van der Waals surface area contributed by atoms with Crippen LogP contribution in [0.4, 0.5) is 0 Å². The van der Waals surface area contributed by atoms with Crippen molar-refractivity contribution in [3.05, 3.63) is 34.3 Å². The van der Waals surface area contributed by atoms with Crippen LogP contribution in [0.5, 0.6) is 0 Å². The Labute approximate surface area is 117 Å². The fraction of sp³-hybridized carbons (Fsp3) is 0.500. The van der Waals surface area contributed by atoms with Gasteiger partial charge in [-0.1, -0.05) is 41.9 Å². The molecule has 0 saturated heterocycles. The Morgan fingerprint density at radius 1 is 1.39 bits per heavy atom. The second-order valence-corrected chi connectivity index (χ2v) is 5.67. The molecule has 0 aliphatic carbocycles. The van der Waals surface area contributed by atoms with Gasteiger partial charge in [0.25, 0.3) is 0 Å². The van der Waals surface area contributed by atoms with Crippen molar-refractivity contribution in [1.82, 2.24) is 5.32 Å². The number of hydrogen-bond donors (Lipinski definition) is 2. The summed E-state index contributed by atoms with van der Waals surface area (Å²) in [6, 6.07) is 7.99. The molecule has 100 valence electrons. The van der Waals surface area contributed by atoms with Crippen LogP contribution in [0.2, 0.25) is 0 Å². The summed E-state index contributed by atoms with van der Waals surface area (Å²) in [6.07, 6.45) is 1.46. The molecule has 1 aromatic rings. The summed E-state index contributed by atoms with van der Waals surface area (Å²) in [7, 11) is 0. The van der Waals surface area contributed by atoms with Gasteiger partial charge in [-0.25, -0.2) is 0 Å². The summed E-state index contributed by atoms with van der Waals surface area (Å²) in [4.78, 5) is 12.1. The van der Waals surface area contributed by atoms with E-state index in [-0.39, 0.29) is 11.9 Å². The van der Waals surface area contributed by atoms with Gasteiger partial charge in [-0.2, -0.15) is 0 Å². The Morgan fingerprint density at radius 2 is 1.94 bits per heavy atom. The first-order valence-electron chi connectivity index (χ1n) is 6.26. The van der Waals surface area contributed by atoms with Crippen LogP contribution in [0.25, 0.3) is 0 Å². The number of amides is 1. The van der Waals surface area contributed by atoms with E-state index in [1.54, 1.807) is 6.92 Å². The van der Waals surface area contributed by atoms with Crippen LogP contribution in [0.3, 0.4) is 0 Å². The van der Waals surface area contributed by atoms with Crippen molar-refractivity contribution in [2.45, 2.75) is 45.2 Å². The average Bonchev–Trinajstić information content (AvgIpc) is 2.36. The number of nitrogens with one attached hydrogen (secondary N) is 1. The number of benzene rings is 1. The lowest BCUT2D eigenvalue weighted by atomic mass is 9.97. The van der Waals surface area contributed by atoms with E-state index in [9.17, 15) is 4.79 Å². The van der Waals surface area contributed by atoms with Gasteiger partial charge in [0.05, 0.1) is 11.6 Å². The Morgan fingerprint density at radius 3 is 2.39 bits per heavy atom. The first-order valence-corrected chi connectivity index (χ1v) is 7.05. The molecule has 18 heavy (non-hydrogen) atoms. The maximum absolute atomic E-state index is 12.1. The maximum atomic E-state index is 12.1. The minimum atomic E-state index is -0.803. The van der Waals surface area contributed by atoms with Gasteiger partial charge >= 0.3 is 0 Å². The van der Waals surface area contributed by atoms with Crippen LogP contribution < -0.4 is 11.1 Å². The third kappa shape index (κ3) is 3.82. The smallest absolute Gasteiger partial charge is 0.240 e. The molecule has 0 spiro atoms. The first-order chi connectivity index (χ1) is 8.40. The van der Waals surface area contributed by atoms with Crippen LogP contribution in [0.1, 0.15) is 45.2 Å². The molecule has 0 saturated carbocycles. The summed E-state index contributed by atoms with van der Waals surface area (Å²) < 4.78 is 1.03.